The van der Waals surface area contributed by atoms with Crippen LogP contribution in [0.5, 0.6) is 0 Å². The number of para-hydroxylation sites is 2. The topological polar surface area (TPSA) is 19.6 Å². The van der Waals surface area contributed by atoms with Crippen LogP contribution in [0, 0.1) is 12.8 Å². The van der Waals surface area contributed by atoms with E-state index >= 15 is 0 Å². The molecular formula is C32H32N2O. The van der Waals surface area contributed by atoms with E-state index in [9.17, 15) is 0 Å². The van der Waals surface area contributed by atoms with Crippen LogP contribution in [0.1, 0.15) is 38.1 Å². The lowest BCUT2D eigenvalue weighted by Crippen LogP contribution is -2.39. The molecule has 0 aliphatic carbocycles. The first-order valence-electron chi connectivity index (χ1n) is 12.6. The zero-order valence-corrected chi connectivity index (χ0v) is 20.8. The summed E-state index contributed by atoms with van der Waals surface area (Å²) >= 11 is 0. The molecule has 1 fully saturated rings. The Morgan fingerprint density at radius 2 is 1.37 bits per heavy atom. The van der Waals surface area contributed by atoms with Gasteiger partial charge in [-0.1, -0.05) is 92.7 Å². The van der Waals surface area contributed by atoms with E-state index in [1.54, 1.807) is 0 Å². The molecule has 1 aliphatic rings. The molecular weight excluding hydrogens is 428 g/mol. The van der Waals surface area contributed by atoms with Gasteiger partial charge in [-0.2, -0.15) is 0 Å². The lowest BCUT2D eigenvalue weighted by atomic mass is 9.96. The average Bonchev–Trinajstić information content (AvgIpc) is 3.40. The van der Waals surface area contributed by atoms with Gasteiger partial charge in [0.15, 0.2) is 5.58 Å². The van der Waals surface area contributed by atoms with E-state index in [0.29, 0.717) is 12.0 Å². The highest BCUT2D eigenvalue weighted by molar-refractivity contribution is 6.09. The lowest BCUT2D eigenvalue weighted by Gasteiger charge is -2.36. The normalized spacial score (nSPS) is 20.4. The molecule has 2 unspecified atom stereocenters. The highest BCUT2D eigenvalue weighted by atomic mass is 16.3. The average molecular weight is 461 g/mol. The van der Waals surface area contributed by atoms with E-state index in [-0.39, 0.29) is 12.2 Å². The van der Waals surface area contributed by atoms with Crippen molar-refractivity contribution < 1.29 is 4.42 Å². The Labute approximate surface area is 207 Å². The fourth-order valence-electron chi connectivity index (χ4n) is 6.17. The maximum atomic E-state index is 6.59. The first-order valence-corrected chi connectivity index (χ1v) is 12.6. The quantitative estimate of drug-likeness (QED) is 0.269. The molecule has 3 nitrogen and oxygen atoms in total. The van der Waals surface area contributed by atoms with Crippen molar-refractivity contribution in [2.45, 2.75) is 45.9 Å². The Morgan fingerprint density at radius 3 is 2.09 bits per heavy atom. The number of fused-ring (bicyclic) bond motifs is 3. The van der Waals surface area contributed by atoms with Gasteiger partial charge in [0.05, 0.1) is 11.7 Å². The molecule has 1 aliphatic heterocycles. The Bertz CT molecular complexity index is 1470. The minimum atomic E-state index is 0.0542. The second-order valence-corrected chi connectivity index (χ2v) is 10.1. The largest absolute Gasteiger partial charge is 0.454 e. The summed E-state index contributed by atoms with van der Waals surface area (Å²) in [6, 6.07) is 35.3. The van der Waals surface area contributed by atoms with Gasteiger partial charge < -0.3 is 14.2 Å². The monoisotopic (exact) mass is 460 g/mol. The van der Waals surface area contributed by atoms with Crippen molar-refractivity contribution in [3.05, 3.63) is 108 Å². The van der Waals surface area contributed by atoms with Crippen LogP contribution in [-0.4, -0.2) is 12.1 Å². The minimum Gasteiger partial charge on any atom is -0.454 e. The van der Waals surface area contributed by atoms with E-state index in [0.717, 1.165) is 11.2 Å². The van der Waals surface area contributed by atoms with Crippen molar-refractivity contribution in [1.29, 1.82) is 0 Å². The van der Waals surface area contributed by atoms with Gasteiger partial charge in [-0.15, -0.1) is 0 Å². The van der Waals surface area contributed by atoms with Crippen LogP contribution in [0.4, 0.5) is 11.4 Å². The molecule has 0 bridgehead atoms. The van der Waals surface area contributed by atoms with E-state index in [2.05, 4.69) is 135 Å². The zero-order valence-electron chi connectivity index (χ0n) is 20.8. The summed E-state index contributed by atoms with van der Waals surface area (Å²) in [4.78, 5) is 5.25. The summed E-state index contributed by atoms with van der Waals surface area (Å²) in [5.41, 5.74) is 6.91. The number of rotatable bonds is 4. The Balaban J connectivity index is 1.65. The van der Waals surface area contributed by atoms with E-state index in [4.69, 9.17) is 4.42 Å². The van der Waals surface area contributed by atoms with Crippen LogP contribution in [0.15, 0.2) is 101 Å². The molecule has 3 atom stereocenters. The summed E-state index contributed by atoms with van der Waals surface area (Å²) in [7, 11) is 0. The molecule has 0 spiro atoms. The smallest absolute Gasteiger partial charge is 0.159 e. The fraction of sp³-hybridized carbons (Fsp3) is 0.250. The summed E-state index contributed by atoms with van der Waals surface area (Å²) in [6.45, 7) is 9.28. The third-order valence-electron chi connectivity index (χ3n) is 7.60. The number of nitrogens with zero attached hydrogens (tertiary/aromatic N) is 2. The maximum absolute atomic E-state index is 6.59. The molecule has 0 amide bonds. The van der Waals surface area contributed by atoms with Crippen LogP contribution in [0.25, 0.3) is 21.9 Å². The number of hydrogen-bond acceptors (Lipinski definition) is 3. The van der Waals surface area contributed by atoms with E-state index < -0.39 is 0 Å². The molecule has 2 heterocycles. The standard InChI is InChI=1S/C32H32N2O/c1-21(2)29-23(4)33(30-22(3)19-20-27-26-17-11-12-18-28(26)35-31(27)30)32(24-13-7-5-8-14-24)34(29)25-15-9-6-10-16-25/h5-21,23,29,32H,1-4H3/t23-,29?,32?/m0/s1. The molecule has 1 aromatic heterocycles. The summed E-state index contributed by atoms with van der Waals surface area (Å²) in [5.74, 6) is 0.469. The third-order valence-corrected chi connectivity index (χ3v) is 7.60. The van der Waals surface area contributed by atoms with Gasteiger partial charge in [-0.25, -0.2) is 0 Å². The van der Waals surface area contributed by atoms with Crippen molar-refractivity contribution in [3.63, 3.8) is 0 Å². The third kappa shape index (κ3) is 3.41. The number of hydrogen-bond donors (Lipinski definition) is 0. The van der Waals surface area contributed by atoms with E-state index in [1.807, 2.05) is 0 Å². The SMILES string of the molecule is Cc1ccc2c(oc3ccccc32)c1N1C(c2ccccc2)N(c2ccccc2)C(C(C)C)[C@@H]1C. The molecule has 0 N–H and O–H groups in total. The molecule has 176 valence electrons. The molecule has 4 aromatic carbocycles. The molecule has 5 aromatic rings. The Kier molecular flexibility index (Phi) is 5.29. The first-order chi connectivity index (χ1) is 17.1. The van der Waals surface area contributed by atoms with Crippen molar-refractivity contribution in [3.8, 4) is 0 Å². The summed E-state index contributed by atoms with van der Waals surface area (Å²) in [5, 5.41) is 2.35. The van der Waals surface area contributed by atoms with Crippen molar-refractivity contribution in [2.75, 3.05) is 9.80 Å². The highest BCUT2D eigenvalue weighted by Crippen LogP contribution is 2.49. The Morgan fingerprint density at radius 1 is 0.714 bits per heavy atom. The number of furan rings is 1. The fourth-order valence-corrected chi connectivity index (χ4v) is 6.17. The summed E-state index contributed by atoms with van der Waals surface area (Å²) < 4.78 is 6.59. The summed E-state index contributed by atoms with van der Waals surface area (Å²) in [6.07, 6.45) is 0.0542. The highest BCUT2D eigenvalue weighted by Gasteiger charge is 2.48. The van der Waals surface area contributed by atoms with Crippen LogP contribution in [-0.2, 0) is 0 Å². The molecule has 1 saturated heterocycles. The second-order valence-electron chi connectivity index (χ2n) is 10.1. The Hall–Kier alpha value is -3.72. The van der Waals surface area contributed by atoms with Gasteiger partial charge in [0.1, 0.15) is 11.7 Å². The van der Waals surface area contributed by atoms with Gasteiger partial charge in [-0.3, -0.25) is 0 Å². The van der Waals surface area contributed by atoms with Crippen LogP contribution >= 0.6 is 0 Å². The van der Waals surface area contributed by atoms with Crippen LogP contribution < -0.4 is 9.80 Å². The minimum absolute atomic E-state index is 0.0542. The molecule has 0 radical (unpaired) electrons. The maximum Gasteiger partial charge on any atom is 0.159 e. The first kappa shape index (κ1) is 21.8. The molecule has 6 rings (SSSR count). The van der Waals surface area contributed by atoms with Crippen molar-refractivity contribution in [2.24, 2.45) is 5.92 Å². The van der Waals surface area contributed by atoms with Gasteiger partial charge in [0.2, 0.25) is 0 Å². The van der Waals surface area contributed by atoms with Gasteiger partial charge in [0, 0.05) is 22.5 Å². The second kappa shape index (κ2) is 8.49. The molecule has 3 heteroatoms. The van der Waals surface area contributed by atoms with Gasteiger partial charge in [-0.05, 0) is 49.1 Å². The predicted molar refractivity (Wildman–Crippen MR) is 147 cm³/mol. The van der Waals surface area contributed by atoms with E-state index in [1.165, 1.54) is 33.3 Å². The number of aryl methyl sites for hydroxylation is 1. The lowest BCUT2D eigenvalue weighted by molar-refractivity contribution is 0.455. The van der Waals surface area contributed by atoms with Crippen LogP contribution in [0.2, 0.25) is 0 Å². The van der Waals surface area contributed by atoms with Gasteiger partial charge in [0.25, 0.3) is 0 Å². The van der Waals surface area contributed by atoms with Crippen molar-refractivity contribution in [1.82, 2.24) is 0 Å². The van der Waals surface area contributed by atoms with Gasteiger partial charge >= 0.3 is 0 Å². The zero-order chi connectivity index (χ0) is 24.1. The molecule has 0 saturated carbocycles. The molecule has 35 heavy (non-hydrogen) atoms. The number of benzene rings is 4. The van der Waals surface area contributed by atoms with Crippen LogP contribution in [0.3, 0.4) is 0 Å². The predicted octanol–water partition coefficient (Wildman–Crippen LogP) is 8.33. The van der Waals surface area contributed by atoms with Crippen molar-refractivity contribution >= 4 is 33.3 Å². The number of anilines is 2.